The summed E-state index contributed by atoms with van der Waals surface area (Å²) in [6, 6.07) is 14.1. The Labute approximate surface area is 252 Å². The summed E-state index contributed by atoms with van der Waals surface area (Å²) in [6.45, 7) is 5.75. The average molecular weight is 615 g/mol. The first-order valence-corrected chi connectivity index (χ1v) is 16.0. The molecule has 0 bridgehead atoms. The zero-order valence-electron chi connectivity index (χ0n) is 24.6. The van der Waals surface area contributed by atoms with E-state index < -0.39 is 28.0 Å². The number of anilines is 2. The second kappa shape index (κ2) is 13.3. The van der Waals surface area contributed by atoms with Crippen molar-refractivity contribution in [1.82, 2.24) is 0 Å². The Morgan fingerprint density at radius 2 is 1.70 bits per heavy atom. The van der Waals surface area contributed by atoms with E-state index in [2.05, 4.69) is 10.6 Å². The van der Waals surface area contributed by atoms with Crippen molar-refractivity contribution in [1.29, 1.82) is 0 Å². The van der Waals surface area contributed by atoms with E-state index in [1.165, 1.54) is 13.0 Å². The summed E-state index contributed by atoms with van der Waals surface area (Å²) in [5.74, 6) is -0.750. The highest BCUT2D eigenvalue weighted by molar-refractivity contribution is 8.24. The van der Waals surface area contributed by atoms with Crippen LogP contribution in [0, 0.1) is 19.7 Å². The molecule has 0 aromatic heterocycles. The molecule has 9 nitrogen and oxygen atoms in total. The summed E-state index contributed by atoms with van der Waals surface area (Å²) < 4.78 is 40.2. The van der Waals surface area contributed by atoms with Crippen molar-refractivity contribution in [3.05, 3.63) is 76.6 Å². The third-order valence-electron chi connectivity index (χ3n) is 7.62. The van der Waals surface area contributed by atoms with Gasteiger partial charge >= 0.3 is 5.97 Å². The maximum Gasteiger partial charge on any atom is 0.303 e. The first-order chi connectivity index (χ1) is 20.2. The highest BCUT2D eigenvalue weighted by atomic mass is 32.3. The normalized spacial score (nSPS) is 16.3. The number of carboxylic acids is 1. The van der Waals surface area contributed by atoms with Crippen molar-refractivity contribution in [3.8, 4) is 16.9 Å². The molecule has 11 heteroatoms. The Balaban J connectivity index is 1.53. The molecular formula is C32H39FN2O7S. The molecule has 43 heavy (non-hydrogen) atoms. The topological polar surface area (TPSA) is 148 Å². The summed E-state index contributed by atoms with van der Waals surface area (Å²) in [6.07, 6.45) is 0.493. The monoisotopic (exact) mass is 614 g/mol. The number of aliphatic hydroxyl groups is 1. The maximum absolute atomic E-state index is 14.5. The Morgan fingerprint density at radius 3 is 2.30 bits per heavy atom. The number of benzene rings is 3. The lowest BCUT2D eigenvalue weighted by Gasteiger charge is -2.43. The maximum atomic E-state index is 14.5. The van der Waals surface area contributed by atoms with Gasteiger partial charge in [0.05, 0.1) is 0 Å². The van der Waals surface area contributed by atoms with Gasteiger partial charge in [-0.2, -0.15) is 10.6 Å². The van der Waals surface area contributed by atoms with Crippen LogP contribution in [0.1, 0.15) is 48.4 Å². The minimum atomic E-state index is -2.62. The molecule has 1 fully saturated rings. The summed E-state index contributed by atoms with van der Waals surface area (Å²) in [4.78, 5) is 22.8. The van der Waals surface area contributed by atoms with E-state index in [0.29, 0.717) is 29.2 Å². The molecule has 0 unspecified atom stereocenters. The molecule has 0 aliphatic carbocycles. The van der Waals surface area contributed by atoms with Gasteiger partial charge in [0.2, 0.25) is 5.91 Å². The van der Waals surface area contributed by atoms with E-state index in [1.807, 2.05) is 44.2 Å². The minimum Gasteiger partial charge on any atom is -0.491 e. The van der Waals surface area contributed by atoms with E-state index in [-0.39, 0.29) is 49.7 Å². The van der Waals surface area contributed by atoms with Gasteiger partial charge in [0, 0.05) is 48.3 Å². The molecule has 0 atom stereocenters. The third kappa shape index (κ3) is 8.70. The van der Waals surface area contributed by atoms with Crippen LogP contribution in [-0.2, 0) is 22.6 Å². The number of nitrogens with one attached hydrogen (secondary N) is 2. The lowest BCUT2D eigenvalue weighted by molar-refractivity contribution is -0.137. The van der Waals surface area contributed by atoms with Gasteiger partial charge in [-0.1, -0.05) is 12.1 Å². The van der Waals surface area contributed by atoms with Crippen molar-refractivity contribution < 1.29 is 38.0 Å². The molecule has 0 spiro atoms. The molecule has 0 saturated carbocycles. The predicted molar refractivity (Wildman–Crippen MR) is 168 cm³/mol. The lowest BCUT2D eigenvalue weighted by atomic mass is 9.92. The molecule has 1 saturated heterocycles. The van der Waals surface area contributed by atoms with E-state index in [4.69, 9.17) is 9.84 Å². The Hall–Kier alpha value is -3.64. The Morgan fingerprint density at radius 1 is 1.02 bits per heavy atom. The van der Waals surface area contributed by atoms with Crippen LogP contribution in [0.2, 0.25) is 0 Å². The first-order valence-electron chi connectivity index (χ1n) is 14.1. The molecule has 1 heterocycles. The van der Waals surface area contributed by atoms with Gasteiger partial charge in [0.25, 0.3) is 0 Å². The van der Waals surface area contributed by atoms with Gasteiger partial charge in [0.15, 0.2) is 0 Å². The molecule has 3 aromatic carbocycles. The molecule has 4 rings (SSSR count). The van der Waals surface area contributed by atoms with Crippen molar-refractivity contribution in [2.24, 2.45) is 0 Å². The van der Waals surface area contributed by atoms with Crippen LogP contribution >= 0.6 is 10.6 Å². The SMILES string of the molecule is CC(=O)Nc1ccc(CNc2ccc(CCC(=O)O)c(F)c2)cc1-c1c(C)cc(OCC2(O)CCS(O)(O)CC2)cc1C. The van der Waals surface area contributed by atoms with Gasteiger partial charge in [-0.25, -0.2) is 4.39 Å². The number of hydrogen-bond acceptors (Lipinski definition) is 7. The lowest BCUT2D eigenvalue weighted by Crippen LogP contribution is -2.42. The Kier molecular flexibility index (Phi) is 10.0. The number of aliphatic carboxylic acids is 1. The minimum absolute atomic E-state index is 0.0418. The first kappa shape index (κ1) is 32.3. The number of aryl methyl sites for hydroxylation is 3. The smallest absolute Gasteiger partial charge is 0.303 e. The number of ether oxygens (including phenoxy) is 1. The highest BCUT2D eigenvalue weighted by Gasteiger charge is 2.36. The third-order valence-corrected chi connectivity index (χ3v) is 9.34. The predicted octanol–water partition coefficient (Wildman–Crippen LogP) is 6.35. The molecule has 0 radical (unpaired) electrons. The van der Waals surface area contributed by atoms with Crippen LogP contribution in [0.15, 0.2) is 48.5 Å². The van der Waals surface area contributed by atoms with E-state index in [9.17, 15) is 28.2 Å². The van der Waals surface area contributed by atoms with Crippen LogP contribution in [0.4, 0.5) is 15.8 Å². The van der Waals surface area contributed by atoms with Crippen LogP contribution in [0.25, 0.3) is 11.1 Å². The summed E-state index contributed by atoms with van der Waals surface area (Å²) in [5, 5.41) is 25.8. The molecule has 3 aromatic rings. The van der Waals surface area contributed by atoms with E-state index in [0.717, 1.165) is 27.8 Å². The standard InChI is InChI=1S/C32H39FN2O7S/c1-20-14-26(42-19-32(39)10-12-43(40,41)13-11-32)15-21(2)31(20)27-16-23(4-8-29(27)35-22(3)36)18-34-25-7-5-24(28(33)17-25)6-9-30(37)38/h4-5,7-8,14-17,34,39-41H,6,9-13,18-19H2,1-3H3,(H,35,36)(H,37,38). The molecule has 232 valence electrons. The molecule has 6 N–H and O–H groups in total. The number of amides is 1. The molecule has 1 aliphatic rings. The van der Waals surface area contributed by atoms with E-state index >= 15 is 0 Å². The number of halogens is 1. The number of carbonyl (C=O) groups is 2. The average Bonchev–Trinajstić information content (AvgIpc) is 2.92. The second-order valence-corrected chi connectivity index (χ2v) is 13.7. The van der Waals surface area contributed by atoms with E-state index in [1.54, 1.807) is 12.1 Å². The number of hydrogen-bond donors (Lipinski definition) is 6. The van der Waals surface area contributed by atoms with Gasteiger partial charge in [-0.3, -0.25) is 18.7 Å². The fraction of sp³-hybridized carbons (Fsp3) is 0.375. The zero-order valence-corrected chi connectivity index (χ0v) is 25.4. The number of rotatable bonds is 11. The zero-order chi connectivity index (χ0) is 31.4. The van der Waals surface area contributed by atoms with Crippen LogP contribution in [0.5, 0.6) is 5.75 Å². The largest absolute Gasteiger partial charge is 0.491 e. The molecule has 1 amide bonds. The van der Waals surface area contributed by atoms with Gasteiger partial charge in [-0.05, 0) is 97.3 Å². The van der Waals surface area contributed by atoms with Crippen molar-refractivity contribution in [3.63, 3.8) is 0 Å². The fourth-order valence-electron chi connectivity index (χ4n) is 5.24. The Bertz CT molecular complexity index is 1480. The highest BCUT2D eigenvalue weighted by Crippen LogP contribution is 2.47. The fourth-order valence-corrected chi connectivity index (χ4v) is 6.86. The van der Waals surface area contributed by atoms with Crippen LogP contribution < -0.4 is 15.4 Å². The number of carboxylic acid groups (broad SMARTS) is 1. The van der Waals surface area contributed by atoms with Gasteiger partial charge in [-0.15, -0.1) is 0 Å². The second-order valence-electron chi connectivity index (χ2n) is 11.3. The van der Waals surface area contributed by atoms with Gasteiger partial charge < -0.3 is 25.6 Å². The number of carbonyl (C=O) groups excluding carboxylic acids is 1. The summed E-state index contributed by atoms with van der Waals surface area (Å²) in [7, 11) is -2.62. The van der Waals surface area contributed by atoms with Gasteiger partial charge in [0.1, 0.15) is 23.8 Å². The molecule has 1 aliphatic heterocycles. The van der Waals surface area contributed by atoms with Crippen LogP contribution in [0.3, 0.4) is 0 Å². The summed E-state index contributed by atoms with van der Waals surface area (Å²) >= 11 is 0. The van der Waals surface area contributed by atoms with Crippen molar-refractivity contribution in [2.75, 3.05) is 28.7 Å². The van der Waals surface area contributed by atoms with Crippen LogP contribution in [-0.4, -0.2) is 54.9 Å². The molecular weight excluding hydrogens is 575 g/mol. The quantitative estimate of drug-likeness (QED) is 0.146. The summed E-state index contributed by atoms with van der Waals surface area (Å²) in [5.41, 5.74) is 4.83. The van der Waals surface area contributed by atoms with Crippen molar-refractivity contribution in [2.45, 2.75) is 58.6 Å². The van der Waals surface area contributed by atoms with Crippen molar-refractivity contribution >= 4 is 33.8 Å².